The summed E-state index contributed by atoms with van der Waals surface area (Å²) in [6, 6.07) is 0. The number of carboxylic acids is 1. The number of hydrogen-bond donors (Lipinski definition) is 1. The van der Waals surface area contributed by atoms with Crippen LogP contribution >= 0.6 is 0 Å². The van der Waals surface area contributed by atoms with E-state index in [1.807, 2.05) is 20.8 Å². The normalized spacial score (nSPS) is 8.82. The summed E-state index contributed by atoms with van der Waals surface area (Å²) in [4.78, 5) is 30.3. The second-order valence-electron chi connectivity index (χ2n) is 5.09. The van der Waals surface area contributed by atoms with Gasteiger partial charge in [-0.2, -0.15) is 0 Å². The lowest BCUT2D eigenvalue weighted by atomic mass is 10.2. The minimum absolute atomic E-state index is 0.176. The predicted octanol–water partition coefficient (Wildman–Crippen LogP) is 2.90. The van der Waals surface area contributed by atoms with Gasteiger partial charge in [-0.3, -0.25) is 0 Å². The molecule has 0 aliphatic heterocycles. The highest BCUT2D eigenvalue weighted by molar-refractivity contribution is 5.87. The van der Waals surface area contributed by atoms with Gasteiger partial charge in [0.05, 0.1) is 7.11 Å². The van der Waals surface area contributed by atoms with E-state index in [-0.39, 0.29) is 11.5 Å². The van der Waals surface area contributed by atoms with Crippen LogP contribution in [0.2, 0.25) is 0 Å². The van der Waals surface area contributed by atoms with Crippen LogP contribution in [0.4, 0.5) is 0 Å². The van der Waals surface area contributed by atoms with Gasteiger partial charge in [0.1, 0.15) is 5.60 Å². The zero-order valence-corrected chi connectivity index (χ0v) is 14.2. The summed E-state index contributed by atoms with van der Waals surface area (Å²) in [6.45, 7) is 18.3. The first-order chi connectivity index (χ1) is 9.78. The molecule has 0 rings (SSSR count). The average Bonchev–Trinajstić information content (AvgIpc) is 2.37. The van der Waals surface area contributed by atoms with E-state index in [1.54, 1.807) is 6.92 Å². The molecule has 0 saturated heterocycles. The van der Waals surface area contributed by atoms with Crippen molar-refractivity contribution in [1.29, 1.82) is 0 Å². The molecule has 0 spiro atoms. The van der Waals surface area contributed by atoms with Crippen molar-refractivity contribution in [1.82, 2.24) is 0 Å². The molecule has 0 atom stereocenters. The van der Waals surface area contributed by atoms with E-state index in [2.05, 4.69) is 24.5 Å². The lowest BCUT2D eigenvalue weighted by molar-refractivity contribution is -0.149. The van der Waals surface area contributed by atoms with Gasteiger partial charge in [-0.1, -0.05) is 19.7 Å². The second-order valence-corrected chi connectivity index (χ2v) is 5.09. The Balaban J connectivity index is -0.000000261. The van der Waals surface area contributed by atoms with Crippen LogP contribution in [-0.2, 0) is 23.9 Å². The van der Waals surface area contributed by atoms with E-state index in [0.717, 1.165) is 6.08 Å². The molecule has 0 aromatic rings. The van der Waals surface area contributed by atoms with Crippen molar-refractivity contribution in [2.24, 2.45) is 0 Å². The molecule has 6 nitrogen and oxygen atoms in total. The highest BCUT2D eigenvalue weighted by Gasteiger charge is 2.15. The average molecular weight is 314 g/mol. The lowest BCUT2D eigenvalue weighted by Crippen LogP contribution is -2.23. The Bertz CT molecular complexity index is 412. The van der Waals surface area contributed by atoms with Crippen LogP contribution in [0, 0.1) is 0 Å². The number of aliphatic carboxylic acids is 1. The van der Waals surface area contributed by atoms with Crippen molar-refractivity contribution in [2.75, 3.05) is 7.11 Å². The lowest BCUT2D eigenvalue weighted by Gasteiger charge is -2.19. The summed E-state index contributed by atoms with van der Waals surface area (Å²) < 4.78 is 9.10. The monoisotopic (exact) mass is 314 g/mol. The third-order valence-corrected chi connectivity index (χ3v) is 1.48. The van der Waals surface area contributed by atoms with E-state index >= 15 is 0 Å². The van der Waals surface area contributed by atoms with Gasteiger partial charge in [0, 0.05) is 17.2 Å². The van der Waals surface area contributed by atoms with Crippen LogP contribution in [-0.4, -0.2) is 35.7 Å². The van der Waals surface area contributed by atoms with Crippen LogP contribution in [0.5, 0.6) is 0 Å². The van der Waals surface area contributed by atoms with Gasteiger partial charge in [0.15, 0.2) is 0 Å². The standard InChI is InChI=1S/C8H14O2.2C4H6O2/c1-6(2)7(9)10-8(3,4)5;1-3-4(5)6-2;1-3(2)4(5)6/h1H2,2-5H3;3H,1H2,2H3;1H2,2H3,(H,5,6). The van der Waals surface area contributed by atoms with Gasteiger partial charge in [-0.15, -0.1) is 0 Å². The van der Waals surface area contributed by atoms with Crippen LogP contribution in [0.3, 0.4) is 0 Å². The molecule has 0 saturated carbocycles. The highest BCUT2D eigenvalue weighted by atomic mass is 16.6. The Morgan fingerprint density at radius 2 is 1.41 bits per heavy atom. The predicted molar refractivity (Wildman–Crippen MR) is 85.3 cm³/mol. The Morgan fingerprint density at radius 1 is 1.05 bits per heavy atom. The Hall–Kier alpha value is -2.37. The van der Waals surface area contributed by atoms with E-state index in [0.29, 0.717) is 5.57 Å². The Kier molecular flexibility index (Phi) is 13.9. The molecule has 126 valence electrons. The van der Waals surface area contributed by atoms with Crippen molar-refractivity contribution in [3.63, 3.8) is 0 Å². The highest BCUT2D eigenvalue weighted by Crippen LogP contribution is 2.09. The number of methoxy groups -OCH3 is 1. The van der Waals surface area contributed by atoms with Crippen molar-refractivity contribution in [3.8, 4) is 0 Å². The van der Waals surface area contributed by atoms with Gasteiger partial charge in [-0.05, 0) is 34.6 Å². The fourth-order valence-electron chi connectivity index (χ4n) is 0.449. The SMILES string of the molecule is C=C(C)C(=O)O.C=C(C)C(=O)OC(C)(C)C.C=CC(=O)OC. The maximum absolute atomic E-state index is 10.8. The topological polar surface area (TPSA) is 89.9 Å². The molecule has 0 aliphatic carbocycles. The molecular formula is C16H26O6. The van der Waals surface area contributed by atoms with Crippen molar-refractivity contribution < 1.29 is 29.0 Å². The molecule has 0 radical (unpaired) electrons. The van der Waals surface area contributed by atoms with Gasteiger partial charge in [0.2, 0.25) is 0 Å². The number of ether oxygens (including phenoxy) is 2. The molecule has 0 heterocycles. The van der Waals surface area contributed by atoms with E-state index < -0.39 is 17.5 Å². The smallest absolute Gasteiger partial charge is 0.333 e. The molecule has 0 bridgehead atoms. The molecule has 0 amide bonds. The second kappa shape index (κ2) is 12.4. The fourth-order valence-corrected chi connectivity index (χ4v) is 0.449. The Morgan fingerprint density at radius 3 is 1.45 bits per heavy atom. The summed E-state index contributed by atoms with van der Waals surface area (Å²) in [5, 5.41) is 7.89. The summed E-state index contributed by atoms with van der Waals surface area (Å²) in [6.07, 6.45) is 1.11. The molecule has 0 aliphatic rings. The van der Waals surface area contributed by atoms with Crippen molar-refractivity contribution in [2.45, 2.75) is 40.2 Å². The Labute approximate surface area is 132 Å². The third-order valence-electron chi connectivity index (χ3n) is 1.48. The summed E-state index contributed by atoms with van der Waals surface area (Å²) >= 11 is 0. The summed E-state index contributed by atoms with van der Waals surface area (Å²) in [7, 11) is 1.31. The van der Waals surface area contributed by atoms with Crippen LogP contribution in [0.15, 0.2) is 37.0 Å². The largest absolute Gasteiger partial charge is 0.478 e. The first-order valence-electron chi connectivity index (χ1n) is 6.26. The number of hydrogen-bond acceptors (Lipinski definition) is 5. The molecule has 1 N–H and O–H groups in total. The first kappa shape index (κ1) is 24.6. The molecule has 0 unspecified atom stereocenters. The fraction of sp³-hybridized carbons (Fsp3) is 0.438. The van der Waals surface area contributed by atoms with Crippen LogP contribution in [0.25, 0.3) is 0 Å². The van der Waals surface area contributed by atoms with E-state index in [9.17, 15) is 14.4 Å². The third kappa shape index (κ3) is 22.8. The zero-order chi connectivity index (χ0) is 18.5. The molecule has 22 heavy (non-hydrogen) atoms. The molecule has 6 heteroatoms. The number of carbonyl (C=O) groups is 3. The first-order valence-corrected chi connectivity index (χ1v) is 6.26. The number of rotatable bonds is 3. The van der Waals surface area contributed by atoms with Gasteiger partial charge >= 0.3 is 17.9 Å². The van der Waals surface area contributed by atoms with E-state index in [4.69, 9.17) is 9.84 Å². The van der Waals surface area contributed by atoms with E-state index in [1.165, 1.54) is 14.0 Å². The zero-order valence-electron chi connectivity index (χ0n) is 14.2. The van der Waals surface area contributed by atoms with Gasteiger partial charge < -0.3 is 14.6 Å². The number of carboxylic acid groups (broad SMARTS) is 1. The van der Waals surface area contributed by atoms with Crippen LogP contribution < -0.4 is 0 Å². The summed E-state index contributed by atoms with van der Waals surface area (Å²) in [5.74, 6) is -1.66. The minimum atomic E-state index is -0.935. The quantitative estimate of drug-likeness (QED) is 0.636. The van der Waals surface area contributed by atoms with Gasteiger partial charge in [0.25, 0.3) is 0 Å². The number of esters is 2. The minimum Gasteiger partial charge on any atom is -0.478 e. The van der Waals surface area contributed by atoms with Crippen molar-refractivity contribution in [3.05, 3.63) is 37.0 Å². The molecule has 0 fully saturated rings. The molecule has 0 aromatic heterocycles. The van der Waals surface area contributed by atoms with Crippen molar-refractivity contribution >= 4 is 17.9 Å². The maximum Gasteiger partial charge on any atom is 0.333 e. The summed E-state index contributed by atoms with van der Waals surface area (Å²) in [5.41, 5.74) is 0.209. The maximum atomic E-state index is 10.8. The molecule has 0 aromatic carbocycles. The van der Waals surface area contributed by atoms with Crippen LogP contribution in [0.1, 0.15) is 34.6 Å². The molecular weight excluding hydrogens is 288 g/mol. The number of carbonyl (C=O) groups excluding carboxylic acids is 2. The van der Waals surface area contributed by atoms with Gasteiger partial charge in [-0.25, -0.2) is 14.4 Å².